The molecule has 1 unspecified atom stereocenters. The van der Waals surface area contributed by atoms with Crippen LogP contribution in [0.25, 0.3) is 27.9 Å². The van der Waals surface area contributed by atoms with Crippen LogP contribution >= 0.6 is 11.6 Å². The average Bonchev–Trinajstić information content (AvgIpc) is 2.94. The number of hydrogen-bond acceptors (Lipinski definition) is 6. The van der Waals surface area contributed by atoms with E-state index < -0.39 is 12.0 Å². The quantitative estimate of drug-likeness (QED) is 0.108. The first-order chi connectivity index (χ1) is 19.6. The minimum Gasteiger partial charge on any atom is -0.508 e. The smallest absolute Gasteiger partial charge is 0.335 e. The van der Waals surface area contributed by atoms with Crippen LogP contribution in [0.5, 0.6) is 5.75 Å². The molecule has 212 valence electrons. The van der Waals surface area contributed by atoms with Crippen LogP contribution in [0, 0.1) is 0 Å². The highest BCUT2D eigenvalue weighted by atomic mass is 35.5. The number of alkyl halides is 1. The molecule has 1 heterocycles. The van der Waals surface area contributed by atoms with Gasteiger partial charge in [0, 0.05) is 35.6 Å². The van der Waals surface area contributed by atoms with Gasteiger partial charge in [0.15, 0.2) is 11.2 Å². The molecule has 0 bridgehead atoms. The van der Waals surface area contributed by atoms with Crippen LogP contribution in [0.3, 0.4) is 0 Å². The number of phenols is 1. The Bertz CT molecular complexity index is 1650. The summed E-state index contributed by atoms with van der Waals surface area (Å²) in [5, 5.41) is 22.5. The van der Waals surface area contributed by atoms with Gasteiger partial charge < -0.3 is 19.9 Å². The molecule has 0 saturated carbocycles. The summed E-state index contributed by atoms with van der Waals surface area (Å²) in [7, 11) is 0. The number of allylic oxidation sites excluding steroid dienone is 2. The standard InChI is InChI=1S/C20H16O5.C12H14ClNO2/c1-3-13(14(4-2)20(23)24)19-15-7-5-11(21)9-17(15)25-18-10-12(22)6-8-16(18)19;1-9(15)14-11(12(16)8-13)7-10-5-3-2-4-6-10/h3-10,21H,1-2H3,(H,23,24);2-6,11H,7-8H2,1H3,(H,14,15)/b13-3+,14-4+;. The lowest BCUT2D eigenvalue weighted by molar-refractivity contribution is -0.132. The van der Waals surface area contributed by atoms with Gasteiger partial charge in [-0.2, -0.15) is 0 Å². The third-order valence-electron chi connectivity index (χ3n) is 6.22. The second-order valence-corrected chi connectivity index (χ2v) is 9.34. The fourth-order valence-electron chi connectivity index (χ4n) is 4.41. The Hall–Kier alpha value is -4.69. The van der Waals surface area contributed by atoms with E-state index in [1.54, 1.807) is 32.1 Å². The molecular formula is C32H30ClNO7. The van der Waals surface area contributed by atoms with Gasteiger partial charge in [0.25, 0.3) is 0 Å². The highest BCUT2D eigenvalue weighted by Gasteiger charge is 2.23. The zero-order chi connectivity index (χ0) is 30.1. The van der Waals surface area contributed by atoms with E-state index in [9.17, 15) is 29.4 Å². The molecule has 2 aliphatic rings. The van der Waals surface area contributed by atoms with Crippen molar-refractivity contribution in [2.45, 2.75) is 33.2 Å². The Morgan fingerprint density at radius 2 is 1.71 bits per heavy atom. The Balaban J connectivity index is 0.000000250. The van der Waals surface area contributed by atoms with Crippen LogP contribution in [0.1, 0.15) is 31.9 Å². The van der Waals surface area contributed by atoms with Crippen molar-refractivity contribution >= 4 is 45.8 Å². The molecule has 9 heteroatoms. The topological polar surface area (TPSA) is 134 Å². The fourth-order valence-corrected chi connectivity index (χ4v) is 4.60. The van der Waals surface area contributed by atoms with Gasteiger partial charge in [-0.15, -0.1) is 11.6 Å². The number of aromatic hydroxyl groups is 1. The molecule has 1 aliphatic heterocycles. The number of carboxylic acid groups (broad SMARTS) is 1. The van der Waals surface area contributed by atoms with Crippen molar-refractivity contribution in [1.29, 1.82) is 0 Å². The summed E-state index contributed by atoms with van der Waals surface area (Å²) in [6.45, 7) is 4.80. The monoisotopic (exact) mass is 575 g/mol. The van der Waals surface area contributed by atoms with Crippen molar-refractivity contribution in [3.8, 4) is 17.1 Å². The number of benzene rings is 3. The number of hydrogen-bond donors (Lipinski definition) is 3. The van der Waals surface area contributed by atoms with Gasteiger partial charge in [0.1, 0.15) is 17.1 Å². The fraction of sp³-hybridized carbons (Fsp3) is 0.188. The molecule has 3 N–H and O–H groups in total. The molecule has 2 aromatic rings. The first-order valence-corrected chi connectivity index (χ1v) is 13.3. The molecule has 0 saturated heterocycles. The van der Waals surface area contributed by atoms with E-state index >= 15 is 0 Å². The second kappa shape index (κ2) is 14.1. The van der Waals surface area contributed by atoms with Gasteiger partial charge in [0.2, 0.25) is 5.91 Å². The van der Waals surface area contributed by atoms with E-state index in [1.807, 2.05) is 30.3 Å². The zero-order valence-electron chi connectivity index (χ0n) is 22.8. The van der Waals surface area contributed by atoms with Crippen molar-refractivity contribution < 1.29 is 29.0 Å². The van der Waals surface area contributed by atoms with E-state index in [2.05, 4.69) is 5.32 Å². The largest absolute Gasteiger partial charge is 0.508 e. The number of rotatable bonds is 8. The van der Waals surface area contributed by atoms with Crippen LogP contribution in [0.4, 0.5) is 0 Å². The Labute approximate surface area is 241 Å². The first kappa shape index (κ1) is 30.8. The summed E-state index contributed by atoms with van der Waals surface area (Å²) in [4.78, 5) is 45.8. The van der Waals surface area contributed by atoms with Crippen LogP contribution in [-0.2, 0) is 20.8 Å². The number of halogens is 1. The highest BCUT2D eigenvalue weighted by molar-refractivity contribution is 6.28. The summed E-state index contributed by atoms with van der Waals surface area (Å²) in [5.41, 5.74) is 3.10. The van der Waals surface area contributed by atoms with Crippen LogP contribution in [0.15, 0.2) is 93.7 Å². The number of ketones is 1. The normalized spacial score (nSPS) is 12.4. The van der Waals surface area contributed by atoms with E-state index in [-0.39, 0.29) is 34.3 Å². The summed E-state index contributed by atoms with van der Waals surface area (Å²) in [6.07, 6.45) is 3.73. The molecule has 8 nitrogen and oxygen atoms in total. The SMILES string of the molecule is C/C=C(\C(=C/C)C(=O)O)c1c2ccc(=O)cc-2oc2cc(O)ccc12.CC(=O)NC(Cc1ccccc1)C(=O)CCl. The molecule has 1 aliphatic carbocycles. The van der Waals surface area contributed by atoms with E-state index in [1.165, 1.54) is 37.3 Å². The van der Waals surface area contributed by atoms with Crippen molar-refractivity contribution in [3.05, 3.63) is 106 Å². The zero-order valence-corrected chi connectivity index (χ0v) is 23.6. The molecule has 4 rings (SSSR count). The number of carboxylic acids is 1. The molecule has 1 amide bonds. The number of carbonyl (C=O) groups excluding carboxylic acids is 2. The number of Topliss-reactive ketones (excluding diaryl/α,β-unsaturated/α-hetero) is 1. The van der Waals surface area contributed by atoms with Gasteiger partial charge in [-0.25, -0.2) is 4.79 Å². The van der Waals surface area contributed by atoms with Crippen molar-refractivity contribution in [2.24, 2.45) is 0 Å². The van der Waals surface area contributed by atoms with Crippen molar-refractivity contribution in [2.75, 3.05) is 5.88 Å². The summed E-state index contributed by atoms with van der Waals surface area (Å²) in [5.74, 6) is -1.17. The Kier molecular flexibility index (Phi) is 10.6. The van der Waals surface area contributed by atoms with Crippen molar-refractivity contribution in [1.82, 2.24) is 5.32 Å². The number of aliphatic carboxylic acids is 1. The second-order valence-electron chi connectivity index (χ2n) is 9.07. The lowest BCUT2D eigenvalue weighted by Gasteiger charge is -2.17. The van der Waals surface area contributed by atoms with Gasteiger partial charge in [-0.3, -0.25) is 14.4 Å². The van der Waals surface area contributed by atoms with Gasteiger partial charge in [-0.05, 0) is 55.7 Å². The number of nitrogens with one attached hydrogen (secondary N) is 1. The van der Waals surface area contributed by atoms with Gasteiger partial charge >= 0.3 is 5.97 Å². The van der Waals surface area contributed by atoms with Crippen LogP contribution in [0.2, 0.25) is 0 Å². The third-order valence-corrected chi connectivity index (χ3v) is 6.49. The molecular weight excluding hydrogens is 546 g/mol. The minimum absolute atomic E-state index is 0.0198. The maximum atomic E-state index is 11.7. The molecule has 2 aromatic carbocycles. The number of amides is 1. The maximum absolute atomic E-state index is 11.7. The van der Waals surface area contributed by atoms with Crippen LogP contribution in [-0.4, -0.2) is 39.8 Å². The minimum atomic E-state index is -1.04. The molecule has 0 fully saturated rings. The number of carbonyl (C=O) groups is 3. The Morgan fingerprint density at radius 1 is 1.00 bits per heavy atom. The van der Waals surface area contributed by atoms with Crippen LogP contribution < -0.4 is 10.7 Å². The molecule has 0 spiro atoms. The predicted molar refractivity (Wildman–Crippen MR) is 159 cm³/mol. The predicted octanol–water partition coefficient (Wildman–Crippen LogP) is 5.58. The Morgan fingerprint density at radius 3 is 2.29 bits per heavy atom. The summed E-state index contributed by atoms with van der Waals surface area (Å²) >= 11 is 5.50. The average molecular weight is 576 g/mol. The van der Waals surface area contributed by atoms with Gasteiger partial charge in [-0.1, -0.05) is 42.5 Å². The summed E-state index contributed by atoms with van der Waals surface area (Å²) < 4.78 is 5.76. The van der Waals surface area contributed by atoms with Crippen molar-refractivity contribution in [3.63, 3.8) is 0 Å². The van der Waals surface area contributed by atoms with E-state index in [0.717, 1.165) is 5.56 Å². The number of fused-ring (bicyclic) bond motifs is 2. The third kappa shape index (κ3) is 7.70. The van der Waals surface area contributed by atoms with E-state index in [4.69, 9.17) is 16.0 Å². The lowest BCUT2D eigenvalue weighted by Crippen LogP contribution is -2.41. The molecule has 1 atom stereocenters. The molecule has 0 aromatic heterocycles. The molecule has 0 radical (unpaired) electrons. The molecule has 41 heavy (non-hydrogen) atoms. The highest BCUT2D eigenvalue weighted by Crippen LogP contribution is 2.40. The first-order valence-electron chi connectivity index (χ1n) is 12.8. The number of phenolic OH excluding ortho intramolecular Hbond substituents is 1. The summed E-state index contributed by atoms with van der Waals surface area (Å²) in [6, 6.07) is 18.0. The van der Waals surface area contributed by atoms with E-state index in [0.29, 0.717) is 39.9 Å². The van der Waals surface area contributed by atoms with Gasteiger partial charge in [0.05, 0.1) is 17.5 Å². The maximum Gasteiger partial charge on any atom is 0.335 e. The lowest BCUT2D eigenvalue weighted by atomic mass is 9.89.